The van der Waals surface area contributed by atoms with Crippen molar-refractivity contribution in [3.05, 3.63) is 33.8 Å². The quantitative estimate of drug-likeness (QED) is 0.603. The minimum absolute atomic E-state index is 0.120. The first-order chi connectivity index (χ1) is 8.13. The molecule has 1 rings (SSSR count). The third-order valence-electron chi connectivity index (χ3n) is 2.27. The number of halogens is 3. The van der Waals surface area contributed by atoms with Crippen LogP contribution >= 0.6 is 15.9 Å². The Hall–Kier alpha value is -0.970. The van der Waals surface area contributed by atoms with Gasteiger partial charge in [-0.25, -0.2) is 8.78 Å². The summed E-state index contributed by atoms with van der Waals surface area (Å²) in [4.78, 5) is 11.8. The van der Waals surface area contributed by atoms with E-state index in [2.05, 4.69) is 15.9 Å². The van der Waals surface area contributed by atoms with E-state index in [4.69, 9.17) is 4.74 Å². The van der Waals surface area contributed by atoms with Crippen LogP contribution in [-0.2, 0) is 9.53 Å². The maximum atomic E-state index is 13.8. The topological polar surface area (TPSA) is 26.3 Å². The van der Waals surface area contributed by atoms with Gasteiger partial charge in [0.05, 0.1) is 10.4 Å². The predicted octanol–water partition coefficient (Wildman–Crippen LogP) is 4.17. The minimum atomic E-state index is -0.998. The third-order valence-corrected chi connectivity index (χ3v) is 2.89. The van der Waals surface area contributed by atoms with Crippen molar-refractivity contribution in [2.24, 2.45) is 0 Å². The lowest BCUT2D eigenvalue weighted by molar-refractivity contribution is -0.156. The molecule has 0 N–H and O–H groups in total. The van der Waals surface area contributed by atoms with Crippen LogP contribution in [0.2, 0.25) is 0 Å². The molecule has 0 spiro atoms. The molecule has 0 aromatic heterocycles. The lowest BCUT2D eigenvalue weighted by Gasteiger charge is -2.22. The Morgan fingerprint density at radius 1 is 1.33 bits per heavy atom. The number of benzene rings is 1. The molecule has 0 amide bonds. The average Bonchev–Trinajstić information content (AvgIpc) is 2.21. The SMILES string of the molecule is CC(C(=O)OC(C)(C)C)c1c(F)ccc(Br)c1F. The highest BCUT2D eigenvalue weighted by molar-refractivity contribution is 9.10. The van der Waals surface area contributed by atoms with Crippen molar-refractivity contribution in [3.63, 3.8) is 0 Å². The highest BCUT2D eigenvalue weighted by atomic mass is 79.9. The number of carbonyl (C=O) groups is 1. The van der Waals surface area contributed by atoms with Crippen LogP contribution in [0.1, 0.15) is 39.2 Å². The Balaban J connectivity index is 3.08. The van der Waals surface area contributed by atoms with Gasteiger partial charge in [-0.2, -0.15) is 0 Å². The van der Waals surface area contributed by atoms with E-state index in [0.717, 1.165) is 6.07 Å². The van der Waals surface area contributed by atoms with Crippen molar-refractivity contribution in [1.29, 1.82) is 0 Å². The second kappa shape index (κ2) is 5.34. The number of carbonyl (C=O) groups excluding carboxylic acids is 1. The first-order valence-corrected chi connectivity index (χ1v) is 6.29. The van der Waals surface area contributed by atoms with Gasteiger partial charge in [-0.15, -0.1) is 0 Å². The maximum absolute atomic E-state index is 13.8. The summed E-state index contributed by atoms with van der Waals surface area (Å²) in [6.45, 7) is 6.52. The molecule has 0 bridgehead atoms. The van der Waals surface area contributed by atoms with Crippen molar-refractivity contribution in [3.8, 4) is 0 Å². The molecule has 1 aromatic rings. The first-order valence-electron chi connectivity index (χ1n) is 5.49. The van der Waals surface area contributed by atoms with Crippen LogP contribution < -0.4 is 0 Å². The Morgan fingerprint density at radius 2 is 1.89 bits per heavy atom. The van der Waals surface area contributed by atoms with Gasteiger partial charge in [0, 0.05) is 5.56 Å². The standard InChI is InChI=1S/C13H15BrF2O2/c1-7(12(17)18-13(2,3)4)10-9(15)6-5-8(14)11(10)16/h5-7H,1-4H3. The molecule has 0 heterocycles. The molecule has 0 fully saturated rings. The number of rotatable bonds is 2. The lowest BCUT2D eigenvalue weighted by Crippen LogP contribution is -2.27. The van der Waals surface area contributed by atoms with E-state index in [9.17, 15) is 13.6 Å². The fraction of sp³-hybridized carbons (Fsp3) is 0.462. The van der Waals surface area contributed by atoms with Crippen LogP contribution in [0.4, 0.5) is 8.78 Å². The molecule has 0 aliphatic rings. The summed E-state index contributed by atoms with van der Waals surface area (Å²) in [7, 11) is 0. The van der Waals surface area contributed by atoms with Crippen molar-refractivity contribution < 1.29 is 18.3 Å². The number of hydrogen-bond donors (Lipinski definition) is 0. The van der Waals surface area contributed by atoms with Crippen molar-refractivity contribution >= 4 is 21.9 Å². The highest BCUT2D eigenvalue weighted by Gasteiger charge is 2.28. The Morgan fingerprint density at radius 3 is 2.39 bits per heavy atom. The molecule has 0 aliphatic carbocycles. The van der Waals surface area contributed by atoms with Gasteiger partial charge in [0.1, 0.15) is 17.2 Å². The summed E-state index contributed by atoms with van der Waals surface area (Å²) >= 11 is 2.97. The molecule has 1 unspecified atom stereocenters. The summed E-state index contributed by atoms with van der Waals surface area (Å²) < 4.78 is 32.7. The molecule has 18 heavy (non-hydrogen) atoms. The molecule has 1 atom stereocenters. The summed E-state index contributed by atoms with van der Waals surface area (Å²) in [5.41, 5.74) is -0.969. The molecule has 2 nitrogen and oxygen atoms in total. The van der Waals surface area contributed by atoms with E-state index < -0.39 is 29.1 Å². The normalized spacial score (nSPS) is 13.3. The van der Waals surface area contributed by atoms with Gasteiger partial charge in [0.2, 0.25) is 0 Å². The first kappa shape index (κ1) is 15.1. The van der Waals surface area contributed by atoms with E-state index in [1.807, 2.05) is 0 Å². The van der Waals surface area contributed by atoms with Gasteiger partial charge in [0.15, 0.2) is 0 Å². The number of ether oxygens (including phenoxy) is 1. The van der Waals surface area contributed by atoms with Gasteiger partial charge in [0.25, 0.3) is 0 Å². The molecule has 0 aliphatic heterocycles. The van der Waals surface area contributed by atoms with Crippen LogP contribution in [0.3, 0.4) is 0 Å². The largest absolute Gasteiger partial charge is 0.460 e. The van der Waals surface area contributed by atoms with E-state index >= 15 is 0 Å². The van der Waals surface area contributed by atoms with E-state index in [1.54, 1.807) is 20.8 Å². The van der Waals surface area contributed by atoms with Gasteiger partial charge >= 0.3 is 5.97 Å². The van der Waals surface area contributed by atoms with Gasteiger partial charge < -0.3 is 4.74 Å². The van der Waals surface area contributed by atoms with Gasteiger partial charge in [-0.05, 0) is 55.8 Å². The number of esters is 1. The van der Waals surface area contributed by atoms with Crippen molar-refractivity contribution in [2.45, 2.75) is 39.2 Å². The predicted molar refractivity (Wildman–Crippen MR) is 68.3 cm³/mol. The Kier molecular flexibility index (Phi) is 4.48. The fourth-order valence-corrected chi connectivity index (χ4v) is 1.79. The van der Waals surface area contributed by atoms with Crippen LogP contribution in [0.25, 0.3) is 0 Å². The zero-order valence-electron chi connectivity index (χ0n) is 10.7. The average molecular weight is 321 g/mol. The Labute approximate surface area is 113 Å². The third kappa shape index (κ3) is 3.51. The second-order valence-corrected chi connectivity index (χ2v) is 5.87. The Bertz CT molecular complexity index is 467. The smallest absolute Gasteiger partial charge is 0.313 e. The molecule has 1 aromatic carbocycles. The molecule has 0 saturated heterocycles. The zero-order valence-corrected chi connectivity index (χ0v) is 12.3. The number of hydrogen-bond acceptors (Lipinski definition) is 2. The molecular formula is C13H15BrF2O2. The second-order valence-electron chi connectivity index (χ2n) is 5.01. The molecule has 0 radical (unpaired) electrons. The molecule has 5 heteroatoms. The van der Waals surface area contributed by atoms with Crippen molar-refractivity contribution in [1.82, 2.24) is 0 Å². The monoisotopic (exact) mass is 320 g/mol. The van der Waals surface area contributed by atoms with Crippen LogP contribution in [0.15, 0.2) is 16.6 Å². The molecule has 100 valence electrons. The summed E-state index contributed by atoms with van der Waals surface area (Å²) in [5.74, 6) is -3.18. The summed E-state index contributed by atoms with van der Waals surface area (Å²) in [5, 5.41) is 0. The van der Waals surface area contributed by atoms with Crippen LogP contribution in [-0.4, -0.2) is 11.6 Å². The van der Waals surface area contributed by atoms with Gasteiger partial charge in [-0.3, -0.25) is 4.79 Å². The van der Waals surface area contributed by atoms with E-state index in [-0.39, 0.29) is 10.0 Å². The lowest BCUT2D eigenvalue weighted by atomic mass is 9.99. The van der Waals surface area contributed by atoms with Crippen LogP contribution in [0, 0.1) is 11.6 Å². The molecule has 0 saturated carbocycles. The zero-order chi connectivity index (χ0) is 14.1. The van der Waals surface area contributed by atoms with E-state index in [1.165, 1.54) is 13.0 Å². The summed E-state index contributed by atoms with van der Waals surface area (Å²) in [6.07, 6.45) is 0. The van der Waals surface area contributed by atoms with Gasteiger partial charge in [-0.1, -0.05) is 0 Å². The minimum Gasteiger partial charge on any atom is -0.460 e. The summed E-state index contributed by atoms with van der Waals surface area (Å²) in [6, 6.07) is 2.37. The van der Waals surface area contributed by atoms with Crippen molar-refractivity contribution in [2.75, 3.05) is 0 Å². The maximum Gasteiger partial charge on any atom is 0.313 e. The fourth-order valence-electron chi connectivity index (χ4n) is 1.45. The molecular weight excluding hydrogens is 306 g/mol. The van der Waals surface area contributed by atoms with Crippen LogP contribution in [0.5, 0.6) is 0 Å². The highest BCUT2D eigenvalue weighted by Crippen LogP contribution is 2.29. The van der Waals surface area contributed by atoms with E-state index in [0.29, 0.717) is 0 Å².